The van der Waals surface area contributed by atoms with Gasteiger partial charge in [-0.1, -0.05) is 27.7 Å². The molecule has 1 fully saturated rings. The molecule has 1 saturated carbocycles. The van der Waals surface area contributed by atoms with E-state index in [2.05, 4.69) is 27.7 Å². The van der Waals surface area contributed by atoms with E-state index in [0.29, 0.717) is 6.42 Å². The van der Waals surface area contributed by atoms with Crippen molar-refractivity contribution in [3.05, 3.63) is 0 Å². The predicted molar refractivity (Wildman–Crippen MR) is 78.7 cm³/mol. The third kappa shape index (κ3) is 3.71. The summed E-state index contributed by atoms with van der Waals surface area (Å²) in [7, 11) is 1.46. The molecule has 0 amide bonds. The van der Waals surface area contributed by atoms with Crippen molar-refractivity contribution in [3.63, 3.8) is 0 Å². The molecule has 3 heteroatoms. The number of carbonyl (C=O) groups is 1. The van der Waals surface area contributed by atoms with Gasteiger partial charge in [-0.15, -0.1) is 0 Å². The van der Waals surface area contributed by atoms with Gasteiger partial charge in [-0.05, 0) is 49.4 Å². The van der Waals surface area contributed by atoms with Crippen molar-refractivity contribution in [3.8, 4) is 0 Å². The SMILES string of the molecule is COC(=O)CC1(C(C)(C)N)CC(C)(C)CC(C)(C)C1. The van der Waals surface area contributed by atoms with Gasteiger partial charge in [0.25, 0.3) is 0 Å². The summed E-state index contributed by atoms with van der Waals surface area (Å²) in [5, 5.41) is 0. The number of esters is 1. The van der Waals surface area contributed by atoms with Crippen molar-refractivity contribution >= 4 is 5.97 Å². The molecule has 1 aliphatic carbocycles. The molecule has 0 heterocycles. The molecular formula is C16H31NO2. The lowest BCUT2D eigenvalue weighted by Gasteiger charge is -2.57. The summed E-state index contributed by atoms with van der Waals surface area (Å²) < 4.78 is 4.92. The molecule has 0 saturated heterocycles. The van der Waals surface area contributed by atoms with Crippen LogP contribution in [0.1, 0.15) is 67.2 Å². The Hall–Kier alpha value is -0.570. The second kappa shape index (κ2) is 4.76. The van der Waals surface area contributed by atoms with E-state index in [1.165, 1.54) is 13.5 Å². The molecule has 0 aliphatic heterocycles. The first-order valence-electron chi connectivity index (χ1n) is 7.18. The molecule has 112 valence electrons. The fourth-order valence-electron chi connectivity index (χ4n) is 4.47. The van der Waals surface area contributed by atoms with Crippen LogP contribution >= 0.6 is 0 Å². The fraction of sp³-hybridized carbons (Fsp3) is 0.938. The van der Waals surface area contributed by atoms with Crippen LogP contribution < -0.4 is 5.73 Å². The highest BCUT2D eigenvalue weighted by Gasteiger charge is 2.54. The van der Waals surface area contributed by atoms with Gasteiger partial charge in [0, 0.05) is 5.54 Å². The lowest BCUT2D eigenvalue weighted by atomic mass is 9.49. The first-order valence-corrected chi connectivity index (χ1v) is 7.18. The molecule has 1 rings (SSSR count). The number of methoxy groups -OCH3 is 1. The largest absolute Gasteiger partial charge is 0.469 e. The number of nitrogens with two attached hydrogens (primary N) is 1. The van der Waals surface area contributed by atoms with E-state index in [4.69, 9.17) is 10.5 Å². The first kappa shape index (κ1) is 16.5. The van der Waals surface area contributed by atoms with Gasteiger partial charge < -0.3 is 10.5 Å². The van der Waals surface area contributed by atoms with Gasteiger partial charge in [0.15, 0.2) is 0 Å². The summed E-state index contributed by atoms with van der Waals surface area (Å²) in [6.45, 7) is 13.2. The molecule has 0 aromatic carbocycles. The molecule has 0 atom stereocenters. The van der Waals surface area contributed by atoms with E-state index in [1.54, 1.807) is 0 Å². The van der Waals surface area contributed by atoms with Crippen LogP contribution in [-0.2, 0) is 9.53 Å². The van der Waals surface area contributed by atoms with Crippen molar-refractivity contribution in [2.75, 3.05) is 7.11 Å². The zero-order valence-corrected chi connectivity index (χ0v) is 13.7. The van der Waals surface area contributed by atoms with E-state index in [1.807, 2.05) is 13.8 Å². The number of hydrogen-bond donors (Lipinski definition) is 1. The third-order valence-corrected chi connectivity index (χ3v) is 4.67. The maximum absolute atomic E-state index is 11.9. The maximum atomic E-state index is 11.9. The minimum atomic E-state index is -0.393. The van der Waals surface area contributed by atoms with E-state index in [-0.39, 0.29) is 22.2 Å². The summed E-state index contributed by atoms with van der Waals surface area (Å²) in [5.41, 5.74) is 6.30. The maximum Gasteiger partial charge on any atom is 0.306 e. The van der Waals surface area contributed by atoms with Crippen molar-refractivity contribution in [2.45, 2.75) is 72.8 Å². The minimum absolute atomic E-state index is 0.146. The summed E-state index contributed by atoms with van der Waals surface area (Å²) >= 11 is 0. The van der Waals surface area contributed by atoms with Crippen LogP contribution in [-0.4, -0.2) is 18.6 Å². The molecule has 0 aromatic heterocycles. The zero-order valence-electron chi connectivity index (χ0n) is 13.7. The third-order valence-electron chi connectivity index (χ3n) is 4.67. The van der Waals surface area contributed by atoms with E-state index < -0.39 is 5.54 Å². The first-order chi connectivity index (χ1) is 8.33. The fourth-order valence-corrected chi connectivity index (χ4v) is 4.47. The molecular weight excluding hydrogens is 238 g/mol. The number of ether oxygens (including phenoxy) is 1. The topological polar surface area (TPSA) is 52.3 Å². The predicted octanol–water partition coefficient (Wildman–Crippen LogP) is 3.51. The second-order valence-electron chi connectivity index (χ2n) is 8.61. The Labute approximate surface area is 118 Å². The molecule has 19 heavy (non-hydrogen) atoms. The highest BCUT2D eigenvalue weighted by atomic mass is 16.5. The van der Waals surface area contributed by atoms with Crippen molar-refractivity contribution < 1.29 is 9.53 Å². The van der Waals surface area contributed by atoms with Crippen LogP contribution in [0.25, 0.3) is 0 Å². The van der Waals surface area contributed by atoms with Gasteiger partial charge in [-0.3, -0.25) is 4.79 Å². The zero-order chi connectivity index (χ0) is 15.1. The highest BCUT2D eigenvalue weighted by Crippen LogP contribution is 2.59. The van der Waals surface area contributed by atoms with Gasteiger partial charge in [0.1, 0.15) is 0 Å². The van der Waals surface area contributed by atoms with Gasteiger partial charge in [-0.25, -0.2) is 0 Å². The van der Waals surface area contributed by atoms with E-state index in [9.17, 15) is 4.79 Å². The average molecular weight is 269 g/mol. The van der Waals surface area contributed by atoms with Gasteiger partial charge in [0.05, 0.1) is 13.5 Å². The van der Waals surface area contributed by atoms with Crippen LogP contribution in [0.3, 0.4) is 0 Å². The highest BCUT2D eigenvalue weighted by molar-refractivity contribution is 5.70. The summed E-state index contributed by atoms with van der Waals surface area (Å²) in [5.74, 6) is -0.146. The standard InChI is InChI=1S/C16H31NO2/c1-13(2)9-14(3,4)11-16(10-13,15(5,6)17)8-12(18)19-7/h8-11,17H2,1-7H3. The molecule has 0 radical (unpaired) electrons. The summed E-state index contributed by atoms with van der Waals surface area (Å²) in [6.07, 6.45) is 3.53. The monoisotopic (exact) mass is 269 g/mol. The Morgan fingerprint density at radius 1 is 1.11 bits per heavy atom. The summed E-state index contributed by atoms with van der Waals surface area (Å²) in [4.78, 5) is 11.9. The van der Waals surface area contributed by atoms with Crippen molar-refractivity contribution in [2.24, 2.45) is 22.0 Å². The Morgan fingerprint density at radius 3 is 1.84 bits per heavy atom. The van der Waals surface area contributed by atoms with E-state index in [0.717, 1.165) is 12.8 Å². The summed E-state index contributed by atoms with van der Waals surface area (Å²) in [6, 6.07) is 0. The van der Waals surface area contributed by atoms with Crippen LogP contribution in [0.15, 0.2) is 0 Å². The molecule has 0 unspecified atom stereocenters. The smallest absolute Gasteiger partial charge is 0.306 e. The molecule has 3 nitrogen and oxygen atoms in total. The number of rotatable bonds is 3. The molecule has 0 bridgehead atoms. The Bertz CT molecular complexity index is 334. The lowest BCUT2D eigenvalue weighted by Crippen LogP contribution is -2.58. The van der Waals surface area contributed by atoms with E-state index >= 15 is 0 Å². The van der Waals surface area contributed by atoms with Crippen molar-refractivity contribution in [1.29, 1.82) is 0 Å². The molecule has 0 aromatic rings. The van der Waals surface area contributed by atoms with Gasteiger partial charge in [0.2, 0.25) is 0 Å². The van der Waals surface area contributed by atoms with Crippen LogP contribution in [0.5, 0.6) is 0 Å². The van der Waals surface area contributed by atoms with Crippen molar-refractivity contribution in [1.82, 2.24) is 0 Å². The van der Waals surface area contributed by atoms with Crippen LogP contribution in [0.2, 0.25) is 0 Å². The molecule has 0 spiro atoms. The molecule has 1 aliphatic rings. The Kier molecular flexibility index (Phi) is 4.13. The Balaban J connectivity index is 3.20. The normalized spacial score (nSPS) is 24.8. The lowest BCUT2D eigenvalue weighted by molar-refractivity contribution is -0.149. The number of hydrogen-bond acceptors (Lipinski definition) is 3. The quantitative estimate of drug-likeness (QED) is 0.798. The Morgan fingerprint density at radius 2 is 1.53 bits per heavy atom. The van der Waals surface area contributed by atoms with Gasteiger partial charge >= 0.3 is 5.97 Å². The average Bonchev–Trinajstić information content (AvgIpc) is 2.10. The minimum Gasteiger partial charge on any atom is -0.469 e. The molecule has 2 N–H and O–H groups in total. The van der Waals surface area contributed by atoms with Crippen LogP contribution in [0, 0.1) is 16.2 Å². The van der Waals surface area contributed by atoms with Crippen LogP contribution in [0.4, 0.5) is 0 Å². The second-order valence-corrected chi connectivity index (χ2v) is 8.61. The number of carbonyl (C=O) groups excluding carboxylic acids is 1. The van der Waals surface area contributed by atoms with Gasteiger partial charge in [-0.2, -0.15) is 0 Å².